The Balaban J connectivity index is 2.35. The van der Waals surface area contributed by atoms with Gasteiger partial charge in [-0.05, 0) is 19.8 Å². The van der Waals surface area contributed by atoms with E-state index < -0.39 is 0 Å². The highest BCUT2D eigenvalue weighted by molar-refractivity contribution is 5.78. The smallest absolute Gasteiger partial charge is 0.315 e. The number of rotatable bonds is 5. The molecule has 0 radical (unpaired) electrons. The number of ether oxygens (including phenoxy) is 1. The molecule has 19 heavy (non-hydrogen) atoms. The molecule has 6 heteroatoms. The highest BCUT2D eigenvalue weighted by atomic mass is 16.5. The van der Waals surface area contributed by atoms with Gasteiger partial charge >= 0.3 is 6.03 Å². The minimum Gasteiger partial charge on any atom is -0.365 e. The van der Waals surface area contributed by atoms with Crippen LogP contribution in [0.25, 0.3) is 0 Å². The second-order valence-electron chi connectivity index (χ2n) is 5.63. The molecule has 0 aliphatic carbocycles. The van der Waals surface area contributed by atoms with Gasteiger partial charge in [-0.2, -0.15) is 0 Å². The summed E-state index contributed by atoms with van der Waals surface area (Å²) in [4.78, 5) is 24.9. The van der Waals surface area contributed by atoms with Crippen LogP contribution in [0.2, 0.25) is 0 Å². The van der Waals surface area contributed by atoms with Crippen molar-refractivity contribution in [2.24, 2.45) is 5.92 Å². The molecule has 0 aromatic carbocycles. The number of carbonyl (C=O) groups excluding carboxylic acids is 2. The van der Waals surface area contributed by atoms with Crippen LogP contribution in [0.5, 0.6) is 0 Å². The van der Waals surface area contributed by atoms with Crippen molar-refractivity contribution < 1.29 is 14.3 Å². The number of morpholine rings is 1. The lowest BCUT2D eigenvalue weighted by molar-refractivity contribution is -0.149. The van der Waals surface area contributed by atoms with Gasteiger partial charge in [0.25, 0.3) is 0 Å². The first-order valence-electron chi connectivity index (χ1n) is 6.82. The third-order valence-corrected chi connectivity index (χ3v) is 2.71. The van der Waals surface area contributed by atoms with Crippen molar-refractivity contribution in [3.63, 3.8) is 0 Å². The third kappa shape index (κ3) is 5.92. The molecule has 110 valence electrons. The molecule has 1 rings (SSSR count). The summed E-state index contributed by atoms with van der Waals surface area (Å²) in [5, 5.41) is 5.51. The predicted molar refractivity (Wildman–Crippen MR) is 72.8 cm³/mol. The van der Waals surface area contributed by atoms with Crippen LogP contribution in [0, 0.1) is 5.92 Å². The van der Waals surface area contributed by atoms with E-state index >= 15 is 0 Å². The first-order chi connectivity index (χ1) is 8.88. The second-order valence-corrected chi connectivity index (χ2v) is 5.63. The molecule has 1 saturated heterocycles. The van der Waals surface area contributed by atoms with Crippen LogP contribution in [-0.4, -0.2) is 55.2 Å². The van der Waals surface area contributed by atoms with Crippen LogP contribution in [0.15, 0.2) is 0 Å². The Kier molecular flexibility index (Phi) is 6.08. The lowest BCUT2D eigenvalue weighted by atomic mass is 10.1. The van der Waals surface area contributed by atoms with Gasteiger partial charge in [-0.1, -0.05) is 13.8 Å². The van der Waals surface area contributed by atoms with E-state index in [9.17, 15) is 9.59 Å². The van der Waals surface area contributed by atoms with Crippen molar-refractivity contribution in [1.29, 1.82) is 0 Å². The Morgan fingerprint density at radius 1 is 1.42 bits per heavy atom. The van der Waals surface area contributed by atoms with Crippen LogP contribution in [0.3, 0.4) is 0 Å². The number of nitrogens with one attached hydrogen (secondary N) is 2. The summed E-state index contributed by atoms with van der Waals surface area (Å²) in [6.45, 7) is 9.75. The molecular weight excluding hydrogens is 246 g/mol. The Morgan fingerprint density at radius 2 is 2.11 bits per heavy atom. The maximum absolute atomic E-state index is 11.7. The van der Waals surface area contributed by atoms with Gasteiger partial charge in [-0.3, -0.25) is 4.79 Å². The van der Waals surface area contributed by atoms with Crippen LogP contribution in [0.1, 0.15) is 27.7 Å². The maximum Gasteiger partial charge on any atom is 0.315 e. The molecule has 0 bridgehead atoms. The first kappa shape index (κ1) is 15.8. The summed E-state index contributed by atoms with van der Waals surface area (Å²) >= 11 is 0. The van der Waals surface area contributed by atoms with E-state index in [-0.39, 0.29) is 30.7 Å². The molecule has 0 saturated carbocycles. The highest BCUT2D eigenvalue weighted by Gasteiger charge is 2.26. The molecule has 1 fully saturated rings. The molecule has 0 aromatic heterocycles. The van der Waals surface area contributed by atoms with Gasteiger partial charge in [0, 0.05) is 25.7 Å². The zero-order valence-electron chi connectivity index (χ0n) is 12.2. The molecular formula is C13H25N3O3. The lowest BCUT2D eigenvalue weighted by Gasteiger charge is -2.33. The Hall–Kier alpha value is -1.30. The topological polar surface area (TPSA) is 70.7 Å². The second kappa shape index (κ2) is 7.33. The van der Waals surface area contributed by atoms with Gasteiger partial charge in [0.05, 0.1) is 6.10 Å². The van der Waals surface area contributed by atoms with E-state index in [4.69, 9.17) is 4.74 Å². The van der Waals surface area contributed by atoms with Crippen molar-refractivity contribution in [2.75, 3.05) is 26.2 Å². The summed E-state index contributed by atoms with van der Waals surface area (Å²) in [6.07, 6.45) is -0.130. The molecule has 1 aliphatic heterocycles. The first-order valence-corrected chi connectivity index (χ1v) is 6.82. The van der Waals surface area contributed by atoms with E-state index in [1.807, 2.05) is 13.8 Å². The van der Waals surface area contributed by atoms with Crippen LogP contribution >= 0.6 is 0 Å². The molecule has 6 nitrogen and oxygen atoms in total. The minimum absolute atomic E-state index is 0.0246. The van der Waals surface area contributed by atoms with Crippen LogP contribution in [0.4, 0.5) is 4.79 Å². The number of hydrogen-bond acceptors (Lipinski definition) is 3. The molecule has 1 unspecified atom stereocenters. The number of amides is 3. The molecule has 1 aliphatic rings. The summed E-state index contributed by atoms with van der Waals surface area (Å²) in [5.41, 5.74) is 0. The van der Waals surface area contributed by atoms with Crippen molar-refractivity contribution in [3.05, 3.63) is 0 Å². The molecule has 0 aromatic rings. The van der Waals surface area contributed by atoms with Gasteiger partial charge in [0.2, 0.25) is 5.91 Å². The lowest BCUT2D eigenvalue weighted by Crippen LogP contribution is -2.52. The number of carbonyl (C=O) groups is 2. The summed E-state index contributed by atoms with van der Waals surface area (Å²) in [7, 11) is 0. The monoisotopic (exact) mass is 271 g/mol. The van der Waals surface area contributed by atoms with Crippen molar-refractivity contribution in [2.45, 2.75) is 39.8 Å². The molecule has 1 heterocycles. The number of urea groups is 1. The fourth-order valence-electron chi connectivity index (χ4n) is 1.94. The molecule has 1 atom stereocenters. The van der Waals surface area contributed by atoms with Gasteiger partial charge in [-0.25, -0.2) is 4.79 Å². The van der Waals surface area contributed by atoms with Gasteiger partial charge in [0.15, 0.2) is 0 Å². The van der Waals surface area contributed by atoms with E-state index in [1.165, 1.54) is 0 Å². The maximum atomic E-state index is 11.7. The standard InChI is InChI=1S/C13H25N3O3/c1-9(2)6-16-7-11(19-8-12(16)17)5-14-13(18)15-10(3)4/h9-11H,5-8H2,1-4H3,(H2,14,15,18). The third-order valence-electron chi connectivity index (χ3n) is 2.71. The molecule has 3 amide bonds. The predicted octanol–water partition coefficient (Wildman–Crippen LogP) is 0.577. The van der Waals surface area contributed by atoms with Crippen LogP contribution < -0.4 is 10.6 Å². The number of nitrogens with zero attached hydrogens (tertiary/aromatic N) is 1. The average molecular weight is 271 g/mol. The Bertz CT molecular complexity index is 318. The van der Waals surface area contributed by atoms with Crippen molar-refractivity contribution in [1.82, 2.24) is 15.5 Å². The summed E-state index contributed by atoms with van der Waals surface area (Å²) < 4.78 is 5.42. The highest BCUT2D eigenvalue weighted by Crippen LogP contribution is 2.08. The molecule has 2 N–H and O–H groups in total. The van der Waals surface area contributed by atoms with E-state index in [1.54, 1.807) is 4.90 Å². The van der Waals surface area contributed by atoms with Crippen molar-refractivity contribution in [3.8, 4) is 0 Å². The summed E-state index contributed by atoms with van der Waals surface area (Å²) in [6, 6.07) is -0.0998. The SMILES string of the molecule is CC(C)CN1CC(CNC(=O)NC(C)C)OCC1=O. The minimum atomic E-state index is -0.203. The van der Waals surface area contributed by atoms with Gasteiger partial charge in [-0.15, -0.1) is 0 Å². The fourth-order valence-corrected chi connectivity index (χ4v) is 1.94. The fraction of sp³-hybridized carbons (Fsp3) is 0.846. The largest absolute Gasteiger partial charge is 0.365 e. The Labute approximate surface area is 114 Å². The quantitative estimate of drug-likeness (QED) is 0.768. The van der Waals surface area contributed by atoms with E-state index in [0.717, 1.165) is 6.54 Å². The zero-order chi connectivity index (χ0) is 14.4. The Morgan fingerprint density at radius 3 is 2.68 bits per heavy atom. The van der Waals surface area contributed by atoms with Gasteiger partial charge < -0.3 is 20.3 Å². The number of hydrogen-bond donors (Lipinski definition) is 2. The van der Waals surface area contributed by atoms with E-state index in [2.05, 4.69) is 24.5 Å². The molecule has 0 spiro atoms. The van der Waals surface area contributed by atoms with Gasteiger partial charge in [0.1, 0.15) is 6.61 Å². The van der Waals surface area contributed by atoms with E-state index in [0.29, 0.717) is 19.0 Å². The van der Waals surface area contributed by atoms with Crippen LogP contribution in [-0.2, 0) is 9.53 Å². The zero-order valence-corrected chi connectivity index (χ0v) is 12.2. The normalized spacial score (nSPS) is 20.0. The summed E-state index contributed by atoms with van der Waals surface area (Å²) in [5.74, 6) is 0.455. The van der Waals surface area contributed by atoms with Crippen molar-refractivity contribution >= 4 is 11.9 Å². The average Bonchev–Trinajstić information content (AvgIpc) is 2.28.